The van der Waals surface area contributed by atoms with E-state index in [-0.39, 0.29) is 0 Å². The third-order valence-corrected chi connectivity index (χ3v) is 8.24. The molecule has 3 heteroatoms. The number of halogens is 1. The molecule has 0 amide bonds. The summed E-state index contributed by atoms with van der Waals surface area (Å²) in [5, 5.41) is 0.342. The second kappa shape index (κ2) is 5.74. The number of hydrogen-bond donors (Lipinski definition) is 1. The van der Waals surface area contributed by atoms with E-state index in [0.29, 0.717) is 5.04 Å². The van der Waals surface area contributed by atoms with Crippen LogP contribution in [-0.2, 0) is 0 Å². The SMILES string of the molecule is CC(C)(C)[Si](C)(C)Cl.Cc1ccccc1N. The second-order valence-electron chi connectivity index (χ2n) is 5.58. The minimum atomic E-state index is -1.39. The topological polar surface area (TPSA) is 26.0 Å². The van der Waals surface area contributed by atoms with Crippen LogP contribution in [0, 0.1) is 6.92 Å². The number of nitrogen functional groups attached to an aromatic ring is 1. The van der Waals surface area contributed by atoms with Gasteiger partial charge < -0.3 is 5.73 Å². The molecular formula is C13H24ClNSi. The Morgan fingerprint density at radius 2 is 1.50 bits per heavy atom. The van der Waals surface area contributed by atoms with E-state index >= 15 is 0 Å². The largest absolute Gasteiger partial charge is 0.399 e. The van der Waals surface area contributed by atoms with Crippen LogP contribution >= 0.6 is 11.1 Å². The first-order valence-electron chi connectivity index (χ1n) is 5.56. The summed E-state index contributed by atoms with van der Waals surface area (Å²) in [5.74, 6) is 0. The predicted octanol–water partition coefficient (Wildman–Crippen LogP) is 4.81. The quantitative estimate of drug-likeness (QED) is 0.403. The van der Waals surface area contributed by atoms with E-state index in [4.69, 9.17) is 16.8 Å². The molecule has 0 unspecified atom stereocenters. The van der Waals surface area contributed by atoms with Crippen molar-refractivity contribution >= 4 is 24.2 Å². The molecule has 0 aliphatic heterocycles. The molecule has 0 heterocycles. The van der Waals surface area contributed by atoms with Crippen LogP contribution in [0.2, 0.25) is 18.1 Å². The summed E-state index contributed by atoms with van der Waals surface area (Å²) in [5.41, 5.74) is 7.53. The smallest absolute Gasteiger partial charge is 0.155 e. The summed E-state index contributed by atoms with van der Waals surface area (Å²) >= 11 is 6.15. The highest BCUT2D eigenvalue weighted by molar-refractivity contribution is 7.20. The third-order valence-electron chi connectivity index (χ3n) is 2.97. The lowest BCUT2D eigenvalue weighted by molar-refractivity contribution is 0.735. The van der Waals surface area contributed by atoms with Crippen molar-refractivity contribution in [3.05, 3.63) is 29.8 Å². The molecule has 2 N–H and O–H groups in total. The standard InChI is InChI=1S/C7H9N.C6H15ClSi/c1-6-4-2-3-5-7(6)8;1-6(2,3)8(4,5)7/h2-5H,8H2,1H3;1-5H3. The van der Waals surface area contributed by atoms with Crippen molar-refractivity contribution in [3.8, 4) is 0 Å². The molecule has 0 bridgehead atoms. The van der Waals surface area contributed by atoms with E-state index in [2.05, 4.69) is 33.9 Å². The molecule has 0 atom stereocenters. The number of benzene rings is 1. The molecule has 0 aliphatic carbocycles. The summed E-state index contributed by atoms with van der Waals surface area (Å²) in [6.07, 6.45) is 0. The molecule has 1 aromatic carbocycles. The Bertz CT molecular complexity index is 290. The Hall–Kier alpha value is -0.473. The van der Waals surface area contributed by atoms with Crippen molar-refractivity contribution in [3.63, 3.8) is 0 Å². The molecule has 0 saturated heterocycles. The first-order valence-corrected chi connectivity index (χ1v) is 9.57. The van der Waals surface area contributed by atoms with Crippen LogP contribution in [0.3, 0.4) is 0 Å². The van der Waals surface area contributed by atoms with Gasteiger partial charge in [-0.3, -0.25) is 0 Å². The Morgan fingerprint density at radius 3 is 1.69 bits per heavy atom. The van der Waals surface area contributed by atoms with Crippen LogP contribution in [0.25, 0.3) is 0 Å². The molecule has 0 fully saturated rings. The monoisotopic (exact) mass is 257 g/mol. The molecule has 1 rings (SSSR count). The number of aryl methyl sites for hydroxylation is 1. The average Bonchev–Trinajstić information content (AvgIpc) is 2.08. The lowest BCUT2D eigenvalue weighted by atomic mass is 10.2. The summed E-state index contributed by atoms with van der Waals surface area (Å²) in [4.78, 5) is 0. The van der Waals surface area contributed by atoms with Gasteiger partial charge in [-0.15, -0.1) is 0 Å². The van der Waals surface area contributed by atoms with Crippen molar-refractivity contribution in [1.29, 1.82) is 0 Å². The number of anilines is 1. The van der Waals surface area contributed by atoms with Crippen LogP contribution in [0.5, 0.6) is 0 Å². The van der Waals surface area contributed by atoms with E-state index < -0.39 is 7.38 Å². The maximum Gasteiger partial charge on any atom is 0.155 e. The van der Waals surface area contributed by atoms with Crippen molar-refractivity contribution in [2.45, 2.75) is 45.8 Å². The molecule has 16 heavy (non-hydrogen) atoms. The zero-order chi connectivity index (χ0) is 13.0. The molecular weight excluding hydrogens is 234 g/mol. The van der Waals surface area contributed by atoms with Gasteiger partial charge in [0.05, 0.1) is 0 Å². The Balaban J connectivity index is 0.000000281. The van der Waals surface area contributed by atoms with Gasteiger partial charge in [-0.2, -0.15) is 11.1 Å². The first-order chi connectivity index (χ1) is 7.05. The van der Waals surface area contributed by atoms with Crippen LogP contribution < -0.4 is 5.73 Å². The zero-order valence-electron chi connectivity index (χ0n) is 11.3. The van der Waals surface area contributed by atoms with Crippen molar-refractivity contribution in [2.24, 2.45) is 0 Å². The highest BCUT2D eigenvalue weighted by Crippen LogP contribution is 2.38. The van der Waals surface area contributed by atoms with E-state index in [9.17, 15) is 0 Å². The van der Waals surface area contributed by atoms with E-state index in [1.807, 2.05) is 31.2 Å². The van der Waals surface area contributed by atoms with Gasteiger partial charge in [-0.05, 0) is 23.6 Å². The third kappa shape index (κ3) is 5.57. The van der Waals surface area contributed by atoms with Crippen molar-refractivity contribution < 1.29 is 0 Å². The Kier molecular flexibility index (Phi) is 5.57. The highest BCUT2D eigenvalue weighted by atomic mass is 35.6. The van der Waals surface area contributed by atoms with E-state index in [1.54, 1.807) is 0 Å². The number of nitrogens with two attached hydrogens (primary N) is 1. The van der Waals surface area contributed by atoms with Gasteiger partial charge in [0.1, 0.15) is 0 Å². The summed E-state index contributed by atoms with van der Waals surface area (Å²) in [6, 6.07) is 7.80. The lowest BCUT2D eigenvalue weighted by Gasteiger charge is -2.29. The summed E-state index contributed by atoms with van der Waals surface area (Å²) in [7, 11) is -1.39. The molecule has 0 spiro atoms. The number of para-hydroxylation sites is 1. The minimum absolute atomic E-state index is 0.342. The number of rotatable bonds is 0. The lowest BCUT2D eigenvalue weighted by Crippen LogP contribution is -2.29. The van der Waals surface area contributed by atoms with Gasteiger partial charge >= 0.3 is 0 Å². The van der Waals surface area contributed by atoms with E-state index in [1.165, 1.54) is 0 Å². The van der Waals surface area contributed by atoms with Crippen LogP contribution in [0.4, 0.5) is 5.69 Å². The molecule has 0 saturated carbocycles. The van der Waals surface area contributed by atoms with Crippen molar-refractivity contribution in [2.75, 3.05) is 5.73 Å². The fraction of sp³-hybridized carbons (Fsp3) is 0.538. The molecule has 0 aliphatic rings. The Labute approximate surface area is 106 Å². The van der Waals surface area contributed by atoms with Gasteiger partial charge in [0, 0.05) is 5.69 Å². The molecule has 1 aromatic rings. The normalized spacial score (nSPS) is 11.7. The van der Waals surface area contributed by atoms with Gasteiger partial charge in [-0.1, -0.05) is 52.1 Å². The molecule has 1 nitrogen and oxygen atoms in total. The molecule has 0 aromatic heterocycles. The highest BCUT2D eigenvalue weighted by Gasteiger charge is 2.32. The number of hydrogen-bond acceptors (Lipinski definition) is 1. The predicted molar refractivity (Wildman–Crippen MR) is 78.6 cm³/mol. The first kappa shape index (κ1) is 15.5. The van der Waals surface area contributed by atoms with Gasteiger partial charge in [0.25, 0.3) is 0 Å². The fourth-order valence-electron chi connectivity index (χ4n) is 0.587. The van der Waals surface area contributed by atoms with Crippen LogP contribution in [0.15, 0.2) is 24.3 Å². The maximum absolute atomic E-state index is 6.15. The average molecular weight is 258 g/mol. The van der Waals surface area contributed by atoms with E-state index in [0.717, 1.165) is 11.3 Å². The Morgan fingerprint density at radius 1 is 1.12 bits per heavy atom. The fourth-order valence-corrected chi connectivity index (χ4v) is 0.587. The maximum atomic E-state index is 6.15. The van der Waals surface area contributed by atoms with Crippen LogP contribution in [0.1, 0.15) is 26.3 Å². The molecule has 92 valence electrons. The van der Waals surface area contributed by atoms with Gasteiger partial charge in [0.2, 0.25) is 0 Å². The van der Waals surface area contributed by atoms with Crippen LogP contribution in [-0.4, -0.2) is 7.38 Å². The second-order valence-corrected chi connectivity index (χ2v) is 12.9. The van der Waals surface area contributed by atoms with Gasteiger partial charge in [0.15, 0.2) is 7.38 Å². The van der Waals surface area contributed by atoms with Gasteiger partial charge in [-0.25, -0.2) is 0 Å². The van der Waals surface area contributed by atoms with Crippen molar-refractivity contribution in [1.82, 2.24) is 0 Å². The molecule has 0 radical (unpaired) electrons. The summed E-state index contributed by atoms with van der Waals surface area (Å²) in [6.45, 7) is 12.9. The minimum Gasteiger partial charge on any atom is -0.399 e. The summed E-state index contributed by atoms with van der Waals surface area (Å²) < 4.78 is 0. The zero-order valence-corrected chi connectivity index (χ0v) is 13.0.